The summed E-state index contributed by atoms with van der Waals surface area (Å²) in [7, 11) is 0. The van der Waals surface area contributed by atoms with Crippen LogP contribution in [0.4, 0.5) is 0 Å². The summed E-state index contributed by atoms with van der Waals surface area (Å²) >= 11 is 5.86. The molecule has 5 heteroatoms. The van der Waals surface area contributed by atoms with Gasteiger partial charge in [0.2, 0.25) is 0 Å². The van der Waals surface area contributed by atoms with Crippen molar-refractivity contribution in [3.05, 3.63) is 64.7 Å². The van der Waals surface area contributed by atoms with Crippen LogP contribution in [-0.2, 0) is 16.8 Å². The van der Waals surface area contributed by atoms with Crippen LogP contribution < -0.4 is 10.1 Å². The number of ether oxygens (including phenoxy) is 1. The molecule has 0 fully saturated rings. The molecule has 1 atom stereocenters. The monoisotopic (exact) mass is 359 g/mol. The topological polar surface area (TPSA) is 58.6 Å². The molecule has 0 aliphatic heterocycles. The fourth-order valence-electron chi connectivity index (χ4n) is 3.14. The number of hydrogen-bond acceptors (Lipinski definition) is 3. The minimum atomic E-state index is -1.07. The number of aryl methyl sites for hydroxylation is 1. The third kappa shape index (κ3) is 3.80. The van der Waals surface area contributed by atoms with Gasteiger partial charge in [-0.05, 0) is 62.1 Å². The van der Waals surface area contributed by atoms with Gasteiger partial charge >= 0.3 is 0 Å². The minimum Gasteiger partial charge on any atom is -0.478 e. The average molecular weight is 360 g/mol. The molecule has 0 bridgehead atoms. The fraction of sp³-hybridized carbons (Fsp3) is 0.350. The predicted octanol–water partition coefficient (Wildman–Crippen LogP) is 3.45. The number of hydrogen-bond donors (Lipinski definition) is 2. The molecule has 0 unspecified atom stereocenters. The highest BCUT2D eigenvalue weighted by Gasteiger charge is 2.38. The molecule has 25 heavy (non-hydrogen) atoms. The van der Waals surface area contributed by atoms with Gasteiger partial charge in [0.15, 0.2) is 5.60 Å². The van der Waals surface area contributed by atoms with Gasteiger partial charge in [-0.1, -0.05) is 35.9 Å². The Morgan fingerprint density at radius 2 is 1.92 bits per heavy atom. The lowest BCUT2D eigenvalue weighted by Crippen LogP contribution is -2.50. The fourth-order valence-corrected chi connectivity index (χ4v) is 3.26. The van der Waals surface area contributed by atoms with Crippen LogP contribution in [-0.4, -0.2) is 23.2 Å². The SMILES string of the molecule is CC(C)(Oc1ccc(Cl)cc1)C(=O)NC[C@@]1(O)CCc2ccccc21. The van der Waals surface area contributed by atoms with Gasteiger partial charge < -0.3 is 15.2 Å². The molecule has 0 radical (unpaired) electrons. The molecular formula is C20H22ClNO3. The maximum Gasteiger partial charge on any atom is 0.263 e. The lowest BCUT2D eigenvalue weighted by molar-refractivity contribution is -0.135. The van der Waals surface area contributed by atoms with Crippen molar-refractivity contribution < 1.29 is 14.6 Å². The lowest BCUT2D eigenvalue weighted by atomic mass is 9.95. The van der Waals surface area contributed by atoms with E-state index in [1.807, 2.05) is 24.3 Å². The highest BCUT2D eigenvalue weighted by Crippen LogP contribution is 2.36. The summed E-state index contributed by atoms with van der Waals surface area (Å²) in [6.45, 7) is 3.56. The van der Waals surface area contributed by atoms with Crippen molar-refractivity contribution in [1.29, 1.82) is 0 Å². The zero-order valence-electron chi connectivity index (χ0n) is 14.4. The zero-order chi connectivity index (χ0) is 18.1. The van der Waals surface area contributed by atoms with Gasteiger partial charge in [-0.15, -0.1) is 0 Å². The minimum absolute atomic E-state index is 0.163. The molecule has 0 aromatic heterocycles. The number of rotatable bonds is 5. The largest absolute Gasteiger partial charge is 0.478 e. The van der Waals surface area contributed by atoms with Crippen LogP contribution in [0.2, 0.25) is 5.02 Å². The van der Waals surface area contributed by atoms with E-state index in [0.717, 1.165) is 17.5 Å². The summed E-state index contributed by atoms with van der Waals surface area (Å²) in [6.07, 6.45) is 1.41. The number of benzene rings is 2. The van der Waals surface area contributed by atoms with Gasteiger partial charge in [-0.25, -0.2) is 0 Å². The third-order valence-corrected chi connectivity index (χ3v) is 4.85. The molecule has 1 aliphatic carbocycles. The molecular weight excluding hydrogens is 338 g/mol. The Balaban J connectivity index is 1.65. The van der Waals surface area contributed by atoms with E-state index in [-0.39, 0.29) is 12.5 Å². The van der Waals surface area contributed by atoms with Crippen LogP contribution in [0.15, 0.2) is 48.5 Å². The van der Waals surface area contributed by atoms with Crippen molar-refractivity contribution in [2.24, 2.45) is 0 Å². The first-order valence-corrected chi connectivity index (χ1v) is 8.72. The summed E-state index contributed by atoms with van der Waals surface area (Å²) in [5.74, 6) is 0.287. The maximum absolute atomic E-state index is 12.6. The van der Waals surface area contributed by atoms with Gasteiger partial charge in [-0.2, -0.15) is 0 Å². The van der Waals surface area contributed by atoms with E-state index in [1.165, 1.54) is 0 Å². The van der Waals surface area contributed by atoms with Gasteiger partial charge in [0.1, 0.15) is 11.4 Å². The van der Waals surface area contributed by atoms with Crippen LogP contribution in [0, 0.1) is 0 Å². The Labute approximate surface area is 152 Å². The van der Waals surface area contributed by atoms with Crippen molar-refractivity contribution in [2.45, 2.75) is 37.9 Å². The average Bonchev–Trinajstić information content (AvgIpc) is 2.93. The zero-order valence-corrected chi connectivity index (χ0v) is 15.1. The van der Waals surface area contributed by atoms with Crippen molar-refractivity contribution in [1.82, 2.24) is 5.32 Å². The molecule has 2 N–H and O–H groups in total. The highest BCUT2D eigenvalue weighted by molar-refractivity contribution is 6.30. The molecule has 0 saturated carbocycles. The van der Waals surface area contributed by atoms with Crippen molar-refractivity contribution in [3.8, 4) is 5.75 Å². The van der Waals surface area contributed by atoms with Crippen LogP contribution in [0.25, 0.3) is 0 Å². The molecule has 2 aromatic rings. The van der Waals surface area contributed by atoms with E-state index in [9.17, 15) is 9.90 Å². The quantitative estimate of drug-likeness (QED) is 0.859. The van der Waals surface area contributed by atoms with Crippen molar-refractivity contribution >= 4 is 17.5 Å². The number of nitrogens with one attached hydrogen (secondary N) is 1. The van der Waals surface area contributed by atoms with Crippen LogP contribution in [0.3, 0.4) is 0 Å². The summed E-state index contributed by atoms with van der Waals surface area (Å²) in [5, 5.41) is 14.4. The Morgan fingerprint density at radius 1 is 1.24 bits per heavy atom. The van der Waals surface area contributed by atoms with Crippen LogP contribution in [0.1, 0.15) is 31.4 Å². The molecule has 4 nitrogen and oxygen atoms in total. The second kappa shape index (κ2) is 6.70. The van der Waals surface area contributed by atoms with E-state index >= 15 is 0 Å². The molecule has 3 rings (SSSR count). The second-order valence-corrected chi connectivity index (χ2v) is 7.37. The highest BCUT2D eigenvalue weighted by atomic mass is 35.5. The third-order valence-electron chi connectivity index (χ3n) is 4.60. The number of amides is 1. The second-order valence-electron chi connectivity index (χ2n) is 6.94. The molecule has 1 aliphatic rings. The first-order valence-electron chi connectivity index (χ1n) is 8.34. The van der Waals surface area contributed by atoms with Crippen LogP contribution in [0.5, 0.6) is 5.75 Å². The first kappa shape index (κ1) is 17.8. The Hall–Kier alpha value is -2.04. The lowest BCUT2D eigenvalue weighted by Gasteiger charge is -2.29. The normalized spacial score (nSPS) is 19.4. The molecule has 0 spiro atoms. The number of carbonyl (C=O) groups excluding carboxylic acids is 1. The van der Waals surface area contributed by atoms with E-state index < -0.39 is 11.2 Å². The molecule has 132 valence electrons. The van der Waals surface area contributed by atoms with E-state index in [2.05, 4.69) is 5.32 Å². The van der Waals surface area contributed by atoms with E-state index in [0.29, 0.717) is 17.2 Å². The van der Waals surface area contributed by atoms with Crippen LogP contribution >= 0.6 is 11.6 Å². The van der Waals surface area contributed by atoms with E-state index in [4.69, 9.17) is 16.3 Å². The summed E-state index contributed by atoms with van der Waals surface area (Å²) in [4.78, 5) is 12.6. The number of fused-ring (bicyclic) bond motifs is 1. The summed E-state index contributed by atoms with van der Waals surface area (Å²) < 4.78 is 5.78. The van der Waals surface area contributed by atoms with Gasteiger partial charge in [0.25, 0.3) is 5.91 Å². The molecule has 0 heterocycles. The van der Waals surface area contributed by atoms with Gasteiger partial charge in [0.05, 0.1) is 6.54 Å². The molecule has 1 amide bonds. The smallest absolute Gasteiger partial charge is 0.263 e. The standard InChI is InChI=1S/C20H22ClNO3/c1-19(2,25-16-9-7-15(21)8-10-16)18(23)22-13-20(24)12-11-14-5-3-4-6-17(14)20/h3-10,24H,11-13H2,1-2H3,(H,22,23)/t20-/m0/s1. The van der Waals surface area contributed by atoms with Gasteiger partial charge in [0, 0.05) is 5.02 Å². The Bertz CT molecular complexity index is 773. The summed E-state index contributed by atoms with van der Waals surface area (Å²) in [5.41, 5.74) is -0.0621. The number of carbonyl (C=O) groups is 1. The summed E-state index contributed by atoms with van der Waals surface area (Å²) in [6, 6.07) is 14.7. The van der Waals surface area contributed by atoms with Crippen molar-refractivity contribution in [2.75, 3.05) is 6.54 Å². The number of aliphatic hydroxyl groups is 1. The predicted molar refractivity (Wildman–Crippen MR) is 97.8 cm³/mol. The maximum atomic E-state index is 12.6. The Morgan fingerprint density at radius 3 is 2.64 bits per heavy atom. The molecule has 2 aromatic carbocycles. The Kier molecular flexibility index (Phi) is 4.76. The molecule has 0 saturated heterocycles. The van der Waals surface area contributed by atoms with E-state index in [1.54, 1.807) is 38.1 Å². The number of halogens is 1. The first-order chi connectivity index (χ1) is 11.8. The van der Waals surface area contributed by atoms with Crippen molar-refractivity contribution in [3.63, 3.8) is 0 Å². The van der Waals surface area contributed by atoms with Gasteiger partial charge in [-0.3, -0.25) is 4.79 Å².